The van der Waals surface area contributed by atoms with E-state index in [1.165, 1.54) is 0 Å². The normalized spacial score (nSPS) is 17.3. The molecule has 2 atom stereocenters. The second kappa shape index (κ2) is 4.70. The van der Waals surface area contributed by atoms with Gasteiger partial charge in [-0.15, -0.1) is 0 Å². The predicted octanol–water partition coefficient (Wildman–Crippen LogP) is 0.444. The summed E-state index contributed by atoms with van der Waals surface area (Å²) in [5.74, 6) is 0. The molecule has 0 radical (unpaired) electrons. The van der Waals surface area contributed by atoms with E-state index in [1.54, 1.807) is 0 Å². The zero-order chi connectivity index (χ0) is 7.28. The van der Waals surface area contributed by atoms with Gasteiger partial charge in [0.1, 0.15) is 6.67 Å². The van der Waals surface area contributed by atoms with Crippen LogP contribution in [-0.4, -0.2) is 23.9 Å². The summed E-state index contributed by atoms with van der Waals surface area (Å²) in [6.45, 7) is 1.21. The van der Waals surface area contributed by atoms with E-state index in [2.05, 4.69) is 0 Å². The van der Waals surface area contributed by atoms with Crippen LogP contribution in [0.3, 0.4) is 0 Å². The topological polar surface area (TPSA) is 46.2 Å². The second-order valence-electron chi connectivity index (χ2n) is 2.17. The summed E-state index contributed by atoms with van der Waals surface area (Å²) in [6, 6.07) is -0.389. The molecule has 3 N–H and O–H groups in total. The first kappa shape index (κ1) is 8.85. The molecule has 0 amide bonds. The Morgan fingerprint density at radius 2 is 2.22 bits per heavy atom. The van der Waals surface area contributed by atoms with Gasteiger partial charge in [-0.25, -0.2) is 4.39 Å². The molecular weight excluding hydrogens is 121 g/mol. The summed E-state index contributed by atoms with van der Waals surface area (Å²) in [4.78, 5) is 0. The molecule has 3 heteroatoms. The van der Waals surface area contributed by atoms with Gasteiger partial charge in [0, 0.05) is 6.04 Å². The molecule has 9 heavy (non-hydrogen) atoms. The van der Waals surface area contributed by atoms with E-state index >= 15 is 0 Å². The molecule has 0 aromatic rings. The Kier molecular flexibility index (Phi) is 4.62. The van der Waals surface area contributed by atoms with E-state index in [-0.39, 0.29) is 6.04 Å². The van der Waals surface area contributed by atoms with Gasteiger partial charge in [0.05, 0.1) is 6.10 Å². The van der Waals surface area contributed by atoms with E-state index in [9.17, 15) is 4.39 Å². The van der Waals surface area contributed by atoms with E-state index < -0.39 is 12.8 Å². The molecule has 56 valence electrons. The maximum Gasteiger partial charge on any atom is 0.117 e. The molecule has 0 aliphatic carbocycles. The predicted molar refractivity (Wildman–Crippen MR) is 34.9 cm³/mol. The van der Waals surface area contributed by atoms with Crippen molar-refractivity contribution in [3.8, 4) is 0 Å². The van der Waals surface area contributed by atoms with Crippen molar-refractivity contribution >= 4 is 0 Å². The summed E-state index contributed by atoms with van der Waals surface area (Å²) in [7, 11) is 0. The van der Waals surface area contributed by atoms with Gasteiger partial charge < -0.3 is 10.8 Å². The third-order valence-corrected chi connectivity index (χ3v) is 1.27. The van der Waals surface area contributed by atoms with Gasteiger partial charge in [-0.2, -0.15) is 0 Å². The number of hydrogen-bond donors (Lipinski definition) is 2. The minimum atomic E-state index is -0.968. The first-order valence-electron chi connectivity index (χ1n) is 3.22. The van der Waals surface area contributed by atoms with Crippen LogP contribution in [0.2, 0.25) is 0 Å². The lowest BCUT2D eigenvalue weighted by Crippen LogP contribution is -2.35. The van der Waals surface area contributed by atoms with Crippen LogP contribution in [0.15, 0.2) is 0 Å². The van der Waals surface area contributed by atoms with Crippen molar-refractivity contribution in [3.63, 3.8) is 0 Å². The van der Waals surface area contributed by atoms with Gasteiger partial charge in [-0.05, 0) is 6.42 Å². The molecule has 0 saturated carbocycles. The van der Waals surface area contributed by atoms with Gasteiger partial charge in [0.25, 0.3) is 0 Å². The molecule has 0 aliphatic rings. The highest BCUT2D eigenvalue weighted by atomic mass is 19.1. The zero-order valence-corrected chi connectivity index (χ0v) is 5.68. The lowest BCUT2D eigenvalue weighted by molar-refractivity contribution is 0.110. The molecule has 0 spiro atoms. The van der Waals surface area contributed by atoms with Crippen molar-refractivity contribution in [2.45, 2.75) is 31.9 Å². The van der Waals surface area contributed by atoms with Crippen LogP contribution in [0.5, 0.6) is 0 Å². The van der Waals surface area contributed by atoms with Crippen LogP contribution in [-0.2, 0) is 0 Å². The van der Waals surface area contributed by atoms with Crippen molar-refractivity contribution < 1.29 is 9.50 Å². The highest BCUT2D eigenvalue weighted by Crippen LogP contribution is 1.99. The van der Waals surface area contributed by atoms with E-state index in [4.69, 9.17) is 10.8 Å². The smallest absolute Gasteiger partial charge is 0.117 e. The van der Waals surface area contributed by atoms with Gasteiger partial charge in [0.2, 0.25) is 0 Å². The van der Waals surface area contributed by atoms with Crippen LogP contribution < -0.4 is 5.73 Å². The summed E-state index contributed by atoms with van der Waals surface area (Å²) in [5, 5.41) is 8.76. The molecule has 0 aromatic heterocycles. The summed E-state index contributed by atoms with van der Waals surface area (Å²) in [6.07, 6.45) is 0.605. The Morgan fingerprint density at radius 3 is 2.56 bits per heavy atom. The summed E-state index contributed by atoms with van der Waals surface area (Å²) >= 11 is 0. The quantitative estimate of drug-likeness (QED) is 0.587. The van der Waals surface area contributed by atoms with Crippen molar-refractivity contribution in [2.24, 2.45) is 5.73 Å². The standard InChI is InChI=1S/C6H14FNO/c1-2-3-5(8)6(9)4-7/h5-6,9H,2-4,8H2,1H3. The molecule has 0 bridgehead atoms. The van der Waals surface area contributed by atoms with Gasteiger partial charge in [-0.1, -0.05) is 13.3 Å². The Morgan fingerprint density at radius 1 is 1.67 bits per heavy atom. The number of rotatable bonds is 4. The number of alkyl halides is 1. The summed E-state index contributed by atoms with van der Waals surface area (Å²) < 4.78 is 11.6. The lowest BCUT2D eigenvalue weighted by atomic mass is 10.1. The van der Waals surface area contributed by atoms with Gasteiger partial charge in [0.15, 0.2) is 0 Å². The number of hydrogen-bond acceptors (Lipinski definition) is 2. The molecule has 0 fully saturated rings. The minimum Gasteiger partial charge on any atom is -0.389 e. The van der Waals surface area contributed by atoms with Crippen molar-refractivity contribution in [3.05, 3.63) is 0 Å². The number of aliphatic hydroxyl groups is 1. The maximum absolute atomic E-state index is 11.6. The Bertz CT molecular complexity index is 70.1. The largest absolute Gasteiger partial charge is 0.389 e. The average Bonchev–Trinajstić information content (AvgIpc) is 1.87. The van der Waals surface area contributed by atoms with Crippen LogP contribution in [0.4, 0.5) is 4.39 Å². The molecule has 0 heterocycles. The van der Waals surface area contributed by atoms with Crippen LogP contribution >= 0.6 is 0 Å². The van der Waals surface area contributed by atoms with Crippen LogP contribution in [0.25, 0.3) is 0 Å². The Balaban J connectivity index is 3.32. The van der Waals surface area contributed by atoms with Crippen molar-refractivity contribution in [1.82, 2.24) is 0 Å². The first-order chi connectivity index (χ1) is 4.22. The molecule has 0 aromatic carbocycles. The lowest BCUT2D eigenvalue weighted by Gasteiger charge is -2.13. The highest BCUT2D eigenvalue weighted by molar-refractivity contribution is 4.69. The second-order valence-corrected chi connectivity index (χ2v) is 2.17. The van der Waals surface area contributed by atoms with Gasteiger partial charge >= 0.3 is 0 Å². The SMILES string of the molecule is CCCC(N)C(O)CF. The van der Waals surface area contributed by atoms with Gasteiger partial charge in [-0.3, -0.25) is 0 Å². The van der Waals surface area contributed by atoms with Crippen LogP contribution in [0.1, 0.15) is 19.8 Å². The molecule has 2 nitrogen and oxygen atoms in total. The molecular formula is C6H14FNO. The average molecular weight is 135 g/mol. The zero-order valence-electron chi connectivity index (χ0n) is 5.68. The fourth-order valence-electron chi connectivity index (χ4n) is 0.640. The number of halogens is 1. The molecule has 0 rings (SSSR count). The van der Waals surface area contributed by atoms with E-state index in [1.807, 2.05) is 6.92 Å². The van der Waals surface area contributed by atoms with Crippen molar-refractivity contribution in [1.29, 1.82) is 0 Å². The third kappa shape index (κ3) is 3.43. The number of aliphatic hydroxyl groups excluding tert-OH is 1. The minimum absolute atomic E-state index is 0.389. The monoisotopic (exact) mass is 135 g/mol. The molecule has 0 saturated heterocycles. The Hall–Kier alpha value is -0.150. The fraction of sp³-hybridized carbons (Fsp3) is 1.00. The maximum atomic E-state index is 11.6. The van der Waals surface area contributed by atoms with E-state index in [0.717, 1.165) is 6.42 Å². The number of nitrogens with two attached hydrogens (primary N) is 1. The molecule has 2 unspecified atom stereocenters. The van der Waals surface area contributed by atoms with Crippen molar-refractivity contribution in [2.75, 3.05) is 6.67 Å². The highest BCUT2D eigenvalue weighted by Gasteiger charge is 2.11. The Labute approximate surface area is 54.9 Å². The van der Waals surface area contributed by atoms with E-state index in [0.29, 0.717) is 6.42 Å². The third-order valence-electron chi connectivity index (χ3n) is 1.27. The summed E-state index contributed by atoms with van der Waals surface area (Å²) in [5.41, 5.74) is 5.35. The fourth-order valence-corrected chi connectivity index (χ4v) is 0.640. The first-order valence-corrected chi connectivity index (χ1v) is 3.22. The van der Waals surface area contributed by atoms with Crippen LogP contribution in [0, 0.1) is 0 Å². The molecule has 0 aliphatic heterocycles.